The van der Waals surface area contributed by atoms with Gasteiger partial charge in [-0.3, -0.25) is 4.79 Å². The highest BCUT2D eigenvalue weighted by molar-refractivity contribution is 7.89. The summed E-state index contributed by atoms with van der Waals surface area (Å²) in [6.07, 6.45) is 0.174. The number of sulfonamides is 1. The SMILES string of the molecule is CC(C)c1ccc(S(=O)(=O)NCCC(=O)N2CCNC[C@@H]2C)cc1. The van der Waals surface area contributed by atoms with Gasteiger partial charge in [0.25, 0.3) is 0 Å². The summed E-state index contributed by atoms with van der Waals surface area (Å²) in [5, 5.41) is 3.23. The molecule has 1 amide bonds. The van der Waals surface area contributed by atoms with Crippen LogP contribution in [0.1, 0.15) is 38.7 Å². The minimum absolute atomic E-state index is 0.0122. The summed E-state index contributed by atoms with van der Waals surface area (Å²) in [5.41, 5.74) is 1.09. The van der Waals surface area contributed by atoms with E-state index in [2.05, 4.69) is 23.9 Å². The average Bonchev–Trinajstić information content (AvgIpc) is 2.55. The van der Waals surface area contributed by atoms with Gasteiger partial charge in [0.05, 0.1) is 4.90 Å². The molecule has 6 nitrogen and oxygen atoms in total. The standard InChI is InChI=1S/C17H27N3O3S/c1-13(2)15-4-6-16(7-5-15)24(22,23)19-9-8-17(21)20-11-10-18-12-14(20)3/h4-7,13-14,18-19H,8-12H2,1-3H3/t14-/m0/s1. The molecule has 1 aromatic rings. The first-order chi connectivity index (χ1) is 11.3. The van der Waals surface area contributed by atoms with Crippen molar-refractivity contribution in [3.8, 4) is 0 Å². The molecule has 2 rings (SSSR count). The lowest BCUT2D eigenvalue weighted by molar-refractivity contribution is -0.133. The summed E-state index contributed by atoms with van der Waals surface area (Å²) in [7, 11) is -3.58. The van der Waals surface area contributed by atoms with Gasteiger partial charge >= 0.3 is 0 Å². The van der Waals surface area contributed by atoms with Crippen molar-refractivity contribution in [2.75, 3.05) is 26.2 Å². The molecule has 1 atom stereocenters. The molecule has 1 fully saturated rings. The molecule has 1 aliphatic heterocycles. The van der Waals surface area contributed by atoms with Crippen molar-refractivity contribution in [1.82, 2.24) is 14.9 Å². The minimum Gasteiger partial charge on any atom is -0.337 e. The average molecular weight is 353 g/mol. The highest BCUT2D eigenvalue weighted by atomic mass is 32.2. The summed E-state index contributed by atoms with van der Waals surface area (Å²) in [6, 6.07) is 7.02. The van der Waals surface area contributed by atoms with Crippen molar-refractivity contribution in [3.05, 3.63) is 29.8 Å². The lowest BCUT2D eigenvalue weighted by Crippen LogP contribution is -2.52. The molecule has 1 aliphatic rings. The Morgan fingerprint density at radius 2 is 2.00 bits per heavy atom. The molecule has 0 radical (unpaired) electrons. The van der Waals surface area contributed by atoms with E-state index in [-0.39, 0.29) is 29.8 Å². The molecule has 1 heterocycles. The third-order valence-electron chi connectivity index (χ3n) is 4.31. The fourth-order valence-corrected chi connectivity index (χ4v) is 3.79. The zero-order chi connectivity index (χ0) is 17.7. The molecule has 2 N–H and O–H groups in total. The minimum atomic E-state index is -3.58. The summed E-state index contributed by atoms with van der Waals surface area (Å²) in [5.74, 6) is 0.343. The Labute approximate surface area is 144 Å². The molecule has 0 spiro atoms. The Bertz CT molecular complexity index is 656. The predicted molar refractivity (Wildman–Crippen MR) is 94.4 cm³/mol. The van der Waals surface area contributed by atoms with E-state index in [1.54, 1.807) is 12.1 Å². The van der Waals surface area contributed by atoms with Crippen LogP contribution in [0.4, 0.5) is 0 Å². The van der Waals surface area contributed by atoms with Crippen molar-refractivity contribution < 1.29 is 13.2 Å². The van der Waals surface area contributed by atoms with E-state index in [4.69, 9.17) is 0 Å². The largest absolute Gasteiger partial charge is 0.337 e. The molecule has 0 aromatic heterocycles. The van der Waals surface area contributed by atoms with Crippen LogP contribution in [0.15, 0.2) is 29.2 Å². The first kappa shape index (κ1) is 18.9. The van der Waals surface area contributed by atoms with E-state index in [0.717, 1.165) is 18.7 Å². The van der Waals surface area contributed by atoms with Crippen molar-refractivity contribution in [2.45, 2.75) is 44.0 Å². The molecule has 0 unspecified atom stereocenters. The quantitative estimate of drug-likeness (QED) is 0.808. The third-order valence-corrected chi connectivity index (χ3v) is 5.79. The first-order valence-electron chi connectivity index (χ1n) is 8.41. The van der Waals surface area contributed by atoms with Crippen LogP contribution in [-0.2, 0) is 14.8 Å². The topological polar surface area (TPSA) is 78.5 Å². The van der Waals surface area contributed by atoms with E-state index < -0.39 is 10.0 Å². The lowest BCUT2D eigenvalue weighted by atomic mass is 10.0. The maximum atomic E-state index is 12.3. The maximum absolute atomic E-state index is 12.3. The molecule has 1 aromatic carbocycles. The number of nitrogens with one attached hydrogen (secondary N) is 2. The Morgan fingerprint density at radius 3 is 2.58 bits per heavy atom. The second-order valence-electron chi connectivity index (χ2n) is 6.51. The van der Waals surface area contributed by atoms with Crippen molar-refractivity contribution in [3.63, 3.8) is 0 Å². The van der Waals surface area contributed by atoms with Crippen LogP contribution in [0.3, 0.4) is 0 Å². The molecule has 134 valence electrons. The number of rotatable bonds is 6. The van der Waals surface area contributed by atoms with Gasteiger partial charge in [-0.25, -0.2) is 13.1 Å². The number of hydrogen-bond donors (Lipinski definition) is 2. The van der Waals surface area contributed by atoms with Crippen LogP contribution in [0.2, 0.25) is 0 Å². The Hall–Kier alpha value is -1.44. The number of amides is 1. The molecular weight excluding hydrogens is 326 g/mol. The Kier molecular flexibility index (Phi) is 6.37. The van der Waals surface area contributed by atoms with E-state index >= 15 is 0 Å². The van der Waals surface area contributed by atoms with E-state index in [9.17, 15) is 13.2 Å². The van der Waals surface area contributed by atoms with Gasteiger partial charge in [0, 0.05) is 38.6 Å². The van der Waals surface area contributed by atoms with Crippen molar-refractivity contribution in [1.29, 1.82) is 0 Å². The number of carbonyl (C=O) groups excluding carboxylic acids is 1. The van der Waals surface area contributed by atoms with Crippen LogP contribution in [0.25, 0.3) is 0 Å². The number of hydrogen-bond acceptors (Lipinski definition) is 4. The van der Waals surface area contributed by atoms with Gasteiger partial charge in [-0.15, -0.1) is 0 Å². The van der Waals surface area contributed by atoms with Gasteiger partial charge in [0.15, 0.2) is 0 Å². The number of carbonyl (C=O) groups is 1. The van der Waals surface area contributed by atoms with Crippen LogP contribution in [-0.4, -0.2) is 51.4 Å². The highest BCUT2D eigenvalue weighted by Gasteiger charge is 2.23. The van der Waals surface area contributed by atoms with Gasteiger partial charge in [0.1, 0.15) is 0 Å². The van der Waals surface area contributed by atoms with Crippen LogP contribution < -0.4 is 10.0 Å². The van der Waals surface area contributed by atoms with Gasteiger partial charge in [-0.1, -0.05) is 26.0 Å². The summed E-state index contributed by atoms with van der Waals surface area (Å²) in [6.45, 7) is 8.45. The monoisotopic (exact) mass is 353 g/mol. The predicted octanol–water partition coefficient (Wildman–Crippen LogP) is 1.30. The Morgan fingerprint density at radius 1 is 1.33 bits per heavy atom. The fourth-order valence-electron chi connectivity index (χ4n) is 2.76. The van der Waals surface area contributed by atoms with Crippen molar-refractivity contribution >= 4 is 15.9 Å². The normalized spacial score (nSPS) is 18.8. The fraction of sp³-hybridized carbons (Fsp3) is 0.588. The molecular formula is C17H27N3O3S. The summed E-state index contributed by atoms with van der Waals surface area (Å²) < 4.78 is 27.1. The highest BCUT2D eigenvalue weighted by Crippen LogP contribution is 2.17. The summed E-state index contributed by atoms with van der Waals surface area (Å²) >= 11 is 0. The molecule has 0 aliphatic carbocycles. The Balaban J connectivity index is 1.89. The van der Waals surface area contributed by atoms with Gasteiger partial charge < -0.3 is 10.2 Å². The zero-order valence-corrected chi connectivity index (χ0v) is 15.4. The second kappa shape index (κ2) is 8.09. The second-order valence-corrected chi connectivity index (χ2v) is 8.28. The van der Waals surface area contributed by atoms with Crippen LogP contribution >= 0.6 is 0 Å². The van der Waals surface area contributed by atoms with Gasteiger partial charge in [-0.05, 0) is 30.5 Å². The van der Waals surface area contributed by atoms with Gasteiger partial charge in [0.2, 0.25) is 15.9 Å². The number of benzene rings is 1. The van der Waals surface area contributed by atoms with Gasteiger partial charge in [-0.2, -0.15) is 0 Å². The number of piperazine rings is 1. The zero-order valence-electron chi connectivity index (χ0n) is 14.6. The van der Waals surface area contributed by atoms with E-state index in [1.165, 1.54) is 0 Å². The molecule has 1 saturated heterocycles. The smallest absolute Gasteiger partial charge is 0.240 e. The van der Waals surface area contributed by atoms with Crippen molar-refractivity contribution in [2.24, 2.45) is 0 Å². The van der Waals surface area contributed by atoms with E-state index in [1.807, 2.05) is 24.0 Å². The lowest BCUT2D eigenvalue weighted by Gasteiger charge is -2.34. The van der Waals surface area contributed by atoms with E-state index in [0.29, 0.717) is 12.5 Å². The molecule has 7 heteroatoms. The summed E-state index contributed by atoms with van der Waals surface area (Å²) in [4.78, 5) is 14.3. The maximum Gasteiger partial charge on any atom is 0.240 e. The molecule has 0 bridgehead atoms. The third kappa shape index (κ3) is 4.78. The molecule has 24 heavy (non-hydrogen) atoms. The van der Waals surface area contributed by atoms with Crippen LogP contribution in [0, 0.1) is 0 Å². The van der Waals surface area contributed by atoms with Crippen LogP contribution in [0.5, 0.6) is 0 Å². The number of nitrogens with zero attached hydrogens (tertiary/aromatic N) is 1. The molecule has 0 saturated carbocycles. The first-order valence-corrected chi connectivity index (χ1v) is 9.89.